The minimum Gasteiger partial charge on any atom is -0.494 e. The van der Waals surface area contributed by atoms with E-state index in [9.17, 15) is 28.2 Å². The van der Waals surface area contributed by atoms with Crippen LogP contribution in [0.1, 0.15) is 31.2 Å². The van der Waals surface area contributed by atoms with E-state index in [2.05, 4.69) is 11.3 Å². The highest BCUT2D eigenvalue weighted by atomic mass is 19.4. The molecule has 0 aliphatic rings. The van der Waals surface area contributed by atoms with Gasteiger partial charge in [-0.1, -0.05) is 12.6 Å². The zero-order chi connectivity index (χ0) is 27.9. The fourth-order valence-corrected chi connectivity index (χ4v) is 4.10. The molecule has 1 aromatic heterocycles. The highest BCUT2D eigenvalue weighted by Gasteiger charge is 2.32. The van der Waals surface area contributed by atoms with Crippen LogP contribution in [0.2, 0.25) is 0 Å². The molecule has 0 bridgehead atoms. The Balaban J connectivity index is 1.59. The Morgan fingerprint density at radius 1 is 1.05 bits per heavy atom. The van der Waals surface area contributed by atoms with Gasteiger partial charge in [0.15, 0.2) is 0 Å². The first-order valence-corrected chi connectivity index (χ1v) is 12.2. The molecule has 0 aliphatic carbocycles. The molecule has 2 unspecified atom stereocenters. The number of carbonyl (C=O) groups is 1. The monoisotopic (exact) mass is 535 g/mol. The molecule has 0 amide bonds. The largest absolute Gasteiger partial charge is 0.573 e. The number of ether oxygens (including phenoxy) is 3. The number of esters is 1. The lowest BCUT2D eigenvalue weighted by molar-refractivity contribution is -0.274. The van der Waals surface area contributed by atoms with Crippen LogP contribution in [0.4, 0.5) is 13.2 Å². The van der Waals surface area contributed by atoms with Crippen molar-refractivity contribution in [2.45, 2.75) is 51.2 Å². The zero-order valence-electron chi connectivity index (χ0n) is 21.3. The molecule has 7 nitrogen and oxygen atoms in total. The number of carbonyl (C=O) groups excluding carboxylic acids is 1. The molecule has 0 radical (unpaired) electrons. The summed E-state index contributed by atoms with van der Waals surface area (Å²) >= 11 is 0. The molecular formula is C28H32F3NO6. The fourth-order valence-electron chi connectivity index (χ4n) is 4.10. The predicted molar refractivity (Wildman–Crippen MR) is 137 cm³/mol. The van der Waals surface area contributed by atoms with Crippen molar-refractivity contribution in [1.82, 2.24) is 4.57 Å². The van der Waals surface area contributed by atoms with Crippen LogP contribution in [-0.4, -0.2) is 52.5 Å². The van der Waals surface area contributed by atoms with Gasteiger partial charge in [-0.05, 0) is 68.5 Å². The lowest BCUT2D eigenvalue weighted by Gasteiger charge is -2.17. The average molecular weight is 536 g/mol. The number of aromatic nitrogens is 1. The number of hydrogen-bond acceptors (Lipinski definition) is 6. The molecule has 38 heavy (non-hydrogen) atoms. The Bertz CT molecular complexity index is 1250. The van der Waals surface area contributed by atoms with Gasteiger partial charge >= 0.3 is 12.3 Å². The van der Waals surface area contributed by atoms with E-state index >= 15 is 0 Å². The third kappa shape index (κ3) is 8.00. The number of nitrogens with zero attached hydrogens (tertiary/aromatic N) is 1. The molecule has 10 heteroatoms. The van der Waals surface area contributed by atoms with Gasteiger partial charge in [-0.3, -0.25) is 0 Å². The van der Waals surface area contributed by atoms with E-state index < -0.39 is 24.5 Å². The van der Waals surface area contributed by atoms with E-state index in [0.29, 0.717) is 48.4 Å². The van der Waals surface area contributed by atoms with Gasteiger partial charge in [0.25, 0.3) is 0 Å². The van der Waals surface area contributed by atoms with Gasteiger partial charge in [0.05, 0.1) is 36.6 Å². The van der Waals surface area contributed by atoms with E-state index in [-0.39, 0.29) is 18.8 Å². The molecule has 2 N–H and O–H groups in total. The third-order valence-corrected chi connectivity index (χ3v) is 6.07. The van der Waals surface area contributed by atoms with Gasteiger partial charge in [-0.25, -0.2) is 4.79 Å². The molecule has 3 aromatic rings. The molecule has 1 heterocycles. The highest BCUT2D eigenvalue weighted by Crippen LogP contribution is 2.37. The maximum absolute atomic E-state index is 13.0. The van der Waals surface area contributed by atoms with Crippen molar-refractivity contribution >= 4 is 16.9 Å². The first-order valence-electron chi connectivity index (χ1n) is 12.2. The van der Waals surface area contributed by atoms with Crippen molar-refractivity contribution in [2.75, 3.05) is 13.2 Å². The molecule has 2 atom stereocenters. The number of aliphatic hydroxyl groups excluding tert-OH is 2. The standard InChI is InChI=1S/C28H32F3NO6/c1-4-27(35)37-14-6-8-25(34)24(33)7-5-13-36-20-11-10-19-16-23(32(3)22(19)17-20)21-12-9-18(2)15-26(21)38-28(29,30)31/h4,9-12,15-17,24-25,33-34H,1,5-8,13-14H2,2-3H3. The number of aliphatic hydroxyl groups is 2. The highest BCUT2D eigenvalue weighted by molar-refractivity contribution is 5.89. The summed E-state index contributed by atoms with van der Waals surface area (Å²) in [5.74, 6) is -0.226. The fraction of sp³-hybridized carbons (Fsp3) is 0.393. The zero-order valence-corrected chi connectivity index (χ0v) is 21.3. The summed E-state index contributed by atoms with van der Waals surface area (Å²) in [4.78, 5) is 11.0. The summed E-state index contributed by atoms with van der Waals surface area (Å²) in [6.07, 6.45) is -4.11. The van der Waals surface area contributed by atoms with Crippen molar-refractivity contribution in [3.05, 3.63) is 60.7 Å². The number of fused-ring (bicyclic) bond motifs is 1. The summed E-state index contributed by atoms with van der Waals surface area (Å²) in [6, 6.07) is 11.9. The predicted octanol–water partition coefficient (Wildman–Crippen LogP) is 5.44. The minimum atomic E-state index is -4.81. The van der Waals surface area contributed by atoms with E-state index in [4.69, 9.17) is 9.47 Å². The third-order valence-electron chi connectivity index (χ3n) is 6.07. The van der Waals surface area contributed by atoms with E-state index in [1.807, 2.05) is 6.07 Å². The Morgan fingerprint density at radius 3 is 2.39 bits per heavy atom. The average Bonchev–Trinajstić information content (AvgIpc) is 3.18. The van der Waals surface area contributed by atoms with Crippen molar-refractivity contribution < 1.29 is 42.4 Å². The molecule has 0 aliphatic heterocycles. The maximum atomic E-state index is 13.0. The number of rotatable bonds is 13. The van der Waals surface area contributed by atoms with Crippen LogP contribution < -0.4 is 9.47 Å². The summed E-state index contributed by atoms with van der Waals surface area (Å²) < 4.78 is 55.7. The van der Waals surface area contributed by atoms with Gasteiger partial charge < -0.3 is 29.0 Å². The second-order valence-corrected chi connectivity index (χ2v) is 9.00. The van der Waals surface area contributed by atoms with Crippen LogP contribution >= 0.6 is 0 Å². The Morgan fingerprint density at radius 2 is 1.74 bits per heavy atom. The lowest BCUT2D eigenvalue weighted by atomic mass is 10.0. The first-order chi connectivity index (χ1) is 18.0. The summed E-state index contributed by atoms with van der Waals surface area (Å²) in [5, 5.41) is 21.1. The molecule has 0 saturated heterocycles. The summed E-state index contributed by atoms with van der Waals surface area (Å²) in [5.41, 5.74) is 2.30. The summed E-state index contributed by atoms with van der Waals surface area (Å²) in [7, 11) is 1.76. The molecule has 206 valence electrons. The van der Waals surface area contributed by atoms with Gasteiger partial charge in [-0.2, -0.15) is 0 Å². The Hall–Kier alpha value is -3.50. The first kappa shape index (κ1) is 29.1. The molecule has 0 fully saturated rings. The number of halogens is 3. The number of benzene rings is 2. The van der Waals surface area contributed by atoms with Crippen molar-refractivity contribution in [3.63, 3.8) is 0 Å². The number of hydrogen-bond donors (Lipinski definition) is 2. The van der Waals surface area contributed by atoms with E-state index in [1.54, 1.807) is 48.9 Å². The van der Waals surface area contributed by atoms with Crippen molar-refractivity contribution in [1.29, 1.82) is 0 Å². The SMILES string of the molecule is C=CC(=O)OCCCC(O)C(O)CCCOc1ccc2cc(-c3ccc(C)cc3OC(F)(F)F)n(C)c2c1. The quantitative estimate of drug-likeness (QED) is 0.172. The van der Waals surface area contributed by atoms with Crippen LogP contribution in [0.3, 0.4) is 0 Å². The normalized spacial score (nSPS) is 13.2. The topological polar surface area (TPSA) is 90.2 Å². The number of alkyl halides is 3. The van der Waals surface area contributed by atoms with Crippen LogP contribution in [-0.2, 0) is 16.6 Å². The van der Waals surface area contributed by atoms with Gasteiger partial charge in [0, 0.05) is 30.1 Å². The van der Waals surface area contributed by atoms with Crippen molar-refractivity contribution in [3.8, 4) is 22.8 Å². The molecule has 3 rings (SSSR count). The van der Waals surface area contributed by atoms with Crippen LogP contribution in [0, 0.1) is 6.92 Å². The molecule has 0 spiro atoms. The van der Waals surface area contributed by atoms with Crippen molar-refractivity contribution in [2.24, 2.45) is 7.05 Å². The van der Waals surface area contributed by atoms with Gasteiger partial charge in [-0.15, -0.1) is 13.2 Å². The second kappa shape index (κ2) is 12.8. The van der Waals surface area contributed by atoms with Gasteiger partial charge in [0.1, 0.15) is 11.5 Å². The van der Waals surface area contributed by atoms with E-state index in [1.165, 1.54) is 6.07 Å². The molecular weight excluding hydrogens is 503 g/mol. The maximum Gasteiger partial charge on any atom is 0.573 e. The smallest absolute Gasteiger partial charge is 0.494 e. The number of aryl methyl sites for hydroxylation is 2. The molecule has 2 aromatic carbocycles. The van der Waals surface area contributed by atoms with E-state index in [0.717, 1.165) is 17.0 Å². The summed E-state index contributed by atoms with van der Waals surface area (Å²) in [6.45, 7) is 5.43. The van der Waals surface area contributed by atoms with Crippen LogP contribution in [0.5, 0.6) is 11.5 Å². The Labute approximate surface area is 219 Å². The van der Waals surface area contributed by atoms with Gasteiger partial charge in [0.2, 0.25) is 0 Å². The second-order valence-electron chi connectivity index (χ2n) is 9.00. The Kier molecular flexibility index (Phi) is 9.82. The minimum absolute atomic E-state index is 0.141. The van der Waals surface area contributed by atoms with Crippen LogP contribution in [0.15, 0.2) is 55.1 Å². The van der Waals surface area contributed by atoms with Crippen LogP contribution in [0.25, 0.3) is 22.2 Å². The molecule has 0 saturated carbocycles. The lowest BCUT2D eigenvalue weighted by Crippen LogP contribution is -2.26.